The molecule has 1 aromatic rings. The number of nitrogens with one attached hydrogen (secondary N) is 2. The van der Waals surface area contributed by atoms with Gasteiger partial charge in [0.2, 0.25) is 0 Å². The van der Waals surface area contributed by atoms with E-state index >= 15 is 0 Å². The lowest BCUT2D eigenvalue weighted by Crippen LogP contribution is -2.14. The average Bonchev–Trinajstić information content (AvgIpc) is 2.48. The number of rotatable bonds is 2. The molecule has 1 fully saturated rings. The quantitative estimate of drug-likeness (QED) is 0.774. The maximum Gasteiger partial charge on any atom is 0.252 e. The van der Waals surface area contributed by atoms with Gasteiger partial charge in [-0.1, -0.05) is 27.7 Å². The lowest BCUT2D eigenvalue weighted by atomic mass is 10.0. The first-order valence-electron chi connectivity index (χ1n) is 5.17. The highest BCUT2D eigenvalue weighted by atomic mass is 16.1. The fourth-order valence-electron chi connectivity index (χ4n) is 2.15. The number of aromatic nitrogens is 2. The van der Waals surface area contributed by atoms with Gasteiger partial charge >= 0.3 is 0 Å². The first-order valence-corrected chi connectivity index (χ1v) is 5.17. The SMILES string of the molecule is CC1(C)C(Nc2cc(=O)[nH]cn2)C1(C)C. The third kappa shape index (κ3) is 1.44. The van der Waals surface area contributed by atoms with Crippen molar-refractivity contribution in [2.75, 3.05) is 5.32 Å². The predicted octanol–water partition coefficient (Wildman–Crippen LogP) is 1.62. The highest BCUT2D eigenvalue weighted by Crippen LogP contribution is 2.63. The number of nitrogens with zero attached hydrogens (tertiary/aromatic N) is 1. The van der Waals surface area contributed by atoms with Gasteiger partial charge in [0.15, 0.2) is 0 Å². The van der Waals surface area contributed by atoms with Crippen LogP contribution in [-0.4, -0.2) is 16.0 Å². The van der Waals surface area contributed by atoms with Gasteiger partial charge in [0.05, 0.1) is 6.33 Å². The predicted molar refractivity (Wildman–Crippen MR) is 59.8 cm³/mol. The summed E-state index contributed by atoms with van der Waals surface area (Å²) >= 11 is 0. The molecule has 0 radical (unpaired) electrons. The van der Waals surface area contributed by atoms with Gasteiger partial charge in [0, 0.05) is 12.1 Å². The van der Waals surface area contributed by atoms with Crippen LogP contribution in [0.15, 0.2) is 17.2 Å². The summed E-state index contributed by atoms with van der Waals surface area (Å²) in [6.45, 7) is 8.88. The Labute approximate surface area is 89.1 Å². The molecule has 4 heteroatoms. The zero-order chi connectivity index (χ0) is 11.3. The third-order valence-corrected chi connectivity index (χ3v) is 3.99. The van der Waals surface area contributed by atoms with E-state index in [9.17, 15) is 4.79 Å². The van der Waals surface area contributed by atoms with E-state index in [2.05, 4.69) is 43.0 Å². The van der Waals surface area contributed by atoms with E-state index in [0.717, 1.165) is 0 Å². The molecule has 1 saturated carbocycles. The number of hydrogen-bond donors (Lipinski definition) is 2. The van der Waals surface area contributed by atoms with Crippen LogP contribution in [0.4, 0.5) is 5.82 Å². The van der Waals surface area contributed by atoms with Crippen LogP contribution in [0.2, 0.25) is 0 Å². The summed E-state index contributed by atoms with van der Waals surface area (Å²) in [6, 6.07) is 1.86. The van der Waals surface area contributed by atoms with Crippen LogP contribution in [0.5, 0.6) is 0 Å². The Morgan fingerprint density at radius 1 is 1.33 bits per heavy atom. The van der Waals surface area contributed by atoms with Crippen LogP contribution in [-0.2, 0) is 0 Å². The Kier molecular flexibility index (Phi) is 1.93. The molecule has 0 atom stereocenters. The van der Waals surface area contributed by atoms with Crippen molar-refractivity contribution in [1.29, 1.82) is 0 Å². The number of aromatic amines is 1. The summed E-state index contributed by atoms with van der Waals surface area (Å²) in [5.74, 6) is 0.655. The van der Waals surface area contributed by atoms with Crippen molar-refractivity contribution < 1.29 is 0 Å². The minimum Gasteiger partial charge on any atom is -0.366 e. The standard InChI is InChI=1S/C11H17N3O/c1-10(2)9(11(10,3)4)14-7-5-8(15)13-6-12-7/h5-6,9H,1-4H3,(H2,12,13,14,15). The zero-order valence-electron chi connectivity index (χ0n) is 9.59. The Bertz CT molecular complexity index is 419. The van der Waals surface area contributed by atoms with Crippen molar-refractivity contribution >= 4 is 5.82 Å². The summed E-state index contributed by atoms with van der Waals surface area (Å²) in [5.41, 5.74) is 0.373. The minimum atomic E-state index is -0.122. The van der Waals surface area contributed by atoms with E-state index < -0.39 is 0 Å². The molecule has 0 unspecified atom stereocenters. The summed E-state index contributed by atoms with van der Waals surface area (Å²) in [4.78, 5) is 17.7. The molecule has 2 rings (SSSR count). The smallest absolute Gasteiger partial charge is 0.252 e. The van der Waals surface area contributed by atoms with Gasteiger partial charge in [-0.05, 0) is 10.8 Å². The third-order valence-electron chi connectivity index (χ3n) is 3.99. The van der Waals surface area contributed by atoms with Crippen LogP contribution in [0.25, 0.3) is 0 Å². The van der Waals surface area contributed by atoms with Crippen LogP contribution >= 0.6 is 0 Å². The largest absolute Gasteiger partial charge is 0.366 e. The van der Waals surface area contributed by atoms with Crippen molar-refractivity contribution in [3.05, 3.63) is 22.7 Å². The topological polar surface area (TPSA) is 57.8 Å². The first kappa shape index (κ1) is 10.2. The molecule has 0 amide bonds. The van der Waals surface area contributed by atoms with Gasteiger partial charge in [0.25, 0.3) is 5.56 Å². The molecular weight excluding hydrogens is 190 g/mol. The van der Waals surface area contributed by atoms with E-state index in [1.807, 2.05) is 0 Å². The summed E-state index contributed by atoms with van der Waals surface area (Å²) in [6.07, 6.45) is 1.42. The molecule has 0 aliphatic heterocycles. The molecule has 2 N–H and O–H groups in total. The van der Waals surface area contributed by atoms with E-state index in [1.54, 1.807) is 0 Å². The Morgan fingerprint density at radius 3 is 2.40 bits per heavy atom. The average molecular weight is 207 g/mol. The van der Waals surface area contributed by atoms with Crippen molar-refractivity contribution in [2.45, 2.75) is 33.7 Å². The van der Waals surface area contributed by atoms with Crippen molar-refractivity contribution in [2.24, 2.45) is 10.8 Å². The van der Waals surface area contributed by atoms with Crippen LogP contribution in [0.1, 0.15) is 27.7 Å². The molecule has 0 aromatic carbocycles. The number of hydrogen-bond acceptors (Lipinski definition) is 3. The second-order valence-corrected chi connectivity index (χ2v) is 5.32. The molecular formula is C11H17N3O. The van der Waals surface area contributed by atoms with E-state index in [-0.39, 0.29) is 16.4 Å². The first-order chi connectivity index (χ1) is 6.85. The Hall–Kier alpha value is -1.32. The zero-order valence-corrected chi connectivity index (χ0v) is 9.59. The second kappa shape index (κ2) is 2.84. The second-order valence-electron chi connectivity index (χ2n) is 5.32. The van der Waals surface area contributed by atoms with E-state index in [1.165, 1.54) is 12.4 Å². The maximum atomic E-state index is 11.1. The van der Waals surface area contributed by atoms with Gasteiger partial charge in [-0.15, -0.1) is 0 Å². The molecule has 1 aliphatic carbocycles. The van der Waals surface area contributed by atoms with Gasteiger partial charge in [-0.25, -0.2) is 4.98 Å². The van der Waals surface area contributed by atoms with Crippen molar-refractivity contribution in [3.8, 4) is 0 Å². The van der Waals surface area contributed by atoms with Crippen LogP contribution < -0.4 is 10.9 Å². The maximum absolute atomic E-state index is 11.1. The highest BCUT2D eigenvalue weighted by Gasteiger charge is 2.65. The van der Waals surface area contributed by atoms with Gasteiger partial charge in [-0.2, -0.15) is 0 Å². The van der Waals surface area contributed by atoms with Gasteiger partial charge < -0.3 is 10.3 Å². The van der Waals surface area contributed by atoms with Gasteiger partial charge in [0.1, 0.15) is 5.82 Å². The van der Waals surface area contributed by atoms with Crippen LogP contribution in [0, 0.1) is 10.8 Å². The Balaban J connectivity index is 2.16. The molecule has 4 nitrogen and oxygen atoms in total. The monoisotopic (exact) mass is 207 g/mol. The number of anilines is 1. The fourth-order valence-corrected chi connectivity index (χ4v) is 2.15. The molecule has 15 heavy (non-hydrogen) atoms. The summed E-state index contributed by atoms with van der Waals surface area (Å²) in [7, 11) is 0. The lowest BCUT2D eigenvalue weighted by molar-refractivity contribution is 0.457. The Morgan fingerprint density at radius 2 is 1.93 bits per heavy atom. The normalized spacial score (nSPS) is 22.4. The molecule has 1 aliphatic rings. The molecule has 0 saturated heterocycles. The van der Waals surface area contributed by atoms with Crippen molar-refractivity contribution in [1.82, 2.24) is 9.97 Å². The molecule has 1 aromatic heterocycles. The van der Waals surface area contributed by atoms with Crippen molar-refractivity contribution in [3.63, 3.8) is 0 Å². The highest BCUT2D eigenvalue weighted by molar-refractivity contribution is 5.40. The molecule has 0 spiro atoms. The van der Waals surface area contributed by atoms with E-state index in [0.29, 0.717) is 11.9 Å². The lowest BCUT2D eigenvalue weighted by Gasteiger charge is -2.05. The number of H-pyrrole nitrogens is 1. The van der Waals surface area contributed by atoms with E-state index in [4.69, 9.17) is 0 Å². The molecule has 82 valence electrons. The minimum absolute atomic E-state index is 0.122. The van der Waals surface area contributed by atoms with Crippen LogP contribution in [0.3, 0.4) is 0 Å². The summed E-state index contributed by atoms with van der Waals surface area (Å²) in [5, 5.41) is 3.31. The fraction of sp³-hybridized carbons (Fsp3) is 0.636. The summed E-state index contributed by atoms with van der Waals surface area (Å²) < 4.78 is 0. The molecule has 1 heterocycles. The molecule has 0 bridgehead atoms. The van der Waals surface area contributed by atoms with Gasteiger partial charge in [-0.3, -0.25) is 4.79 Å².